The van der Waals surface area contributed by atoms with E-state index in [-0.39, 0.29) is 0 Å². The molecule has 4 rings (SSSR count). The van der Waals surface area contributed by atoms with E-state index in [0.717, 1.165) is 42.9 Å². The van der Waals surface area contributed by atoms with Crippen LogP contribution in [-0.4, -0.2) is 26.4 Å². The second-order valence-corrected chi connectivity index (χ2v) is 6.62. The Morgan fingerprint density at radius 3 is 2.85 bits per heavy atom. The summed E-state index contributed by atoms with van der Waals surface area (Å²) >= 11 is 5.93. The molecular weight excluding hydrogens is 350 g/mol. The van der Waals surface area contributed by atoms with Gasteiger partial charge >= 0.3 is 0 Å². The van der Waals surface area contributed by atoms with Crippen LogP contribution >= 0.6 is 11.6 Å². The van der Waals surface area contributed by atoms with Gasteiger partial charge in [-0.25, -0.2) is 15.0 Å². The highest BCUT2D eigenvalue weighted by molar-refractivity contribution is 6.30. The van der Waals surface area contributed by atoms with Crippen LogP contribution in [0.4, 0.5) is 5.95 Å². The molecule has 0 saturated carbocycles. The minimum Gasteiger partial charge on any atom is -0.439 e. The van der Waals surface area contributed by atoms with E-state index in [0.29, 0.717) is 22.6 Å². The summed E-state index contributed by atoms with van der Waals surface area (Å²) in [7, 11) is 0. The number of nitrogens with two attached hydrogens (primary N) is 1. The molecule has 132 valence electrons. The van der Waals surface area contributed by atoms with Crippen molar-refractivity contribution in [3.63, 3.8) is 0 Å². The van der Waals surface area contributed by atoms with Crippen molar-refractivity contribution in [3.8, 4) is 11.6 Å². The van der Waals surface area contributed by atoms with Gasteiger partial charge < -0.3 is 10.5 Å². The Balaban J connectivity index is 1.50. The minimum absolute atomic E-state index is 0.336. The number of nitrogen functional groups attached to an aromatic ring is 1. The summed E-state index contributed by atoms with van der Waals surface area (Å²) < 4.78 is 5.95. The van der Waals surface area contributed by atoms with Crippen LogP contribution < -0.4 is 10.5 Å². The van der Waals surface area contributed by atoms with Gasteiger partial charge in [0.25, 0.3) is 0 Å². The predicted octanol–water partition coefficient (Wildman–Crippen LogP) is 3.46. The van der Waals surface area contributed by atoms with Crippen molar-refractivity contribution >= 4 is 17.5 Å². The first-order valence-corrected chi connectivity index (χ1v) is 8.75. The van der Waals surface area contributed by atoms with Crippen LogP contribution in [0.5, 0.6) is 11.6 Å². The summed E-state index contributed by atoms with van der Waals surface area (Å²) in [5, 5.41) is 0.674. The number of aromatic nitrogens is 3. The SMILES string of the molecule is Nc1ncc2c(n1)CCN(Cc1cccnc1Oc1ccc(Cl)cc1)C2. The van der Waals surface area contributed by atoms with Crippen LogP contribution in [0.3, 0.4) is 0 Å². The highest BCUT2D eigenvalue weighted by atomic mass is 35.5. The monoisotopic (exact) mass is 367 g/mol. The van der Waals surface area contributed by atoms with Crippen molar-refractivity contribution < 1.29 is 4.74 Å². The Morgan fingerprint density at radius 1 is 1.15 bits per heavy atom. The summed E-state index contributed by atoms with van der Waals surface area (Å²) in [6.45, 7) is 2.42. The largest absolute Gasteiger partial charge is 0.439 e. The first-order valence-electron chi connectivity index (χ1n) is 8.37. The minimum atomic E-state index is 0.336. The Hall–Kier alpha value is -2.70. The van der Waals surface area contributed by atoms with Crippen LogP contribution in [-0.2, 0) is 19.5 Å². The lowest BCUT2D eigenvalue weighted by Gasteiger charge is -2.28. The maximum Gasteiger partial charge on any atom is 0.223 e. The summed E-state index contributed by atoms with van der Waals surface area (Å²) in [5.41, 5.74) is 8.86. The molecular formula is C19H18ClN5O. The highest BCUT2D eigenvalue weighted by Gasteiger charge is 2.19. The maximum absolute atomic E-state index is 5.95. The first-order chi connectivity index (χ1) is 12.7. The highest BCUT2D eigenvalue weighted by Crippen LogP contribution is 2.26. The van der Waals surface area contributed by atoms with Gasteiger partial charge in [0.05, 0.1) is 5.69 Å². The molecule has 0 saturated heterocycles. The lowest BCUT2D eigenvalue weighted by molar-refractivity contribution is 0.239. The van der Waals surface area contributed by atoms with E-state index in [9.17, 15) is 0 Å². The van der Waals surface area contributed by atoms with Crippen molar-refractivity contribution in [2.24, 2.45) is 0 Å². The lowest BCUT2D eigenvalue weighted by atomic mass is 10.1. The van der Waals surface area contributed by atoms with Crippen molar-refractivity contribution in [2.45, 2.75) is 19.5 Å². The molecule has 0 fully saturated rings. The van der Waals surface area contributed by atoms with Gasteiger partial charge in [0, 0.05) is 54.6 Å². The molecule has 0 amide bonds. The molecule has 1 aliphatic rings. The zero-order valence-corrected chi connectivity index (χ0v) is 14.9. The fourth-order valence-electron chi connectivity index (χ4n) is 3.02. The Labute approximate surface area is 156 Å². The Bertz CT molecular complexity index is 916. The van der Waals surface area contributed by atoms with Gasteiger partial charge in [-0.05, 0) is 30.3 Å². The number of halogens is 1. The van der Waals surface area contributed by atoms with E-state index < -0.39 is 0 Å². The second-order valence-electron chi connectivity index (χ2n) is 6.18. The summed E-state index contributed by atoms with van der Waals surface area (Å²) in [4.78, 5) is 15.2. The number of pyridine rings is 1. The average Bonchev–Trinajstić information content (AvgIpc) is 2.65. The third-order valence-corrected chi connectivity index (χ3v) is 4.56. The van der Waals surface area contributed by atoms with Gasteiger partial charge in [0.2, 0.25) is 11.8 Å². The molecule has 7 heteroatoms. The molecule has 2 N–H and O–H groups in total. The molecule has 3 heterocycles. The molecule has 0 radical (unpaired) electrons. The van der Waals surface area contributed by atoms with E-state index in [1.165, 1.54) is 0 Å². The fraction of sp³-hybridized carbons (Fsp3) is 0.211. The van der Waals surface area contributed by atoms with Crippen LogP contribution in [0.2, 0.25) is 5.02 Å². The van der Waals surface area contributed by atoms with Crippen molar-refractivity contribution in [1.29, 1.82) is 0 Å². The second kappa shape index (κ2) is 7.27. The quantitative estimate of drug-likeness (QED) is 0.761. The Morgan fingerprint density at radius 2 is 2.00 bits per heavy atom. The van der Waals surface area contributed by atoms with Crippen LogP contribution in [0, 0.1) is 0 Å². The summed E-state index contributed by atoms with van der Waals surface area (Å²) in [6, 6.07) is 11.2. The standard InChI is InChI=1S/C19H18ClN5O/c20-15-3-5-16(6-4-15)26-18-13(2-1-8-22-18)11-25-9-7-17-14(12-25)10-23-19(21)24-17/h1-6,8,10H,7,9,11-12H2,(H2,21,23,24). The molecule has 0 unspecified atom stereocenters. The van der Waals surface area contributed by atoms with Gasteiger partial charge in [0.15, 0.2) is 0 Å². The van der Waals surface area contributed by atoms with Gasteiger partial charge in [0.1, 0.15) is 5.75 Å². The van der Waals surface area contributed by atoms with Crippen LogP contribution in [0.25, 0.3) is 0 Å². The lowest BCUT2D eigenvalue weighted by Crippen LogP contribution is -2.31. The molecule has 2 aromatic heterocycles. The van der Waals surface area contributed by atoms with E-state index in [1.807, 2.05) is 30.5 Å². The number of ether oxygens (including phenoxy) is 1. The van der Waals surface area contributed by atoms with E-state index in [4.69, 9.17) is 22.1 Å². The molecule has 6 nitrogen and oxygen atoms in total. The van der Waals surface area contributed by atoms with Gasteiger partial charge in [-0.15, -0.1) is 0 Å². The smallest absolute Gasteiger partial charge is 0.223 e. The number of anilines is 1. The maximum atomic E-state index is 5.95. The fourth-order valence-corrected chi connectivity index (χ4v) is 3.14. The third kappa shape index (κ3) is 3.76. The topological polar surface area (TPSA) is 77.2 Å². The van der Waals surface area contributed by atoms with Crippen molar-refractivity contribution in [3.05, 3.63) is 70.6 Å². The zero-order valence-electron chi connectivity index (χ0n) is 14.1. The number of benzene rings is 1. The molecule has 1 aliphatic heterocycles. The van der Waals surface area contributed by atoms with Gasteiger partial charge in [-0.1, -0.05) is 17.7 Å². The molecule has 0 bridgehead atoms. The first kappa shape index (κ1) is 16.8. The average molecular weight is 368 g/mol. The van der Waals surface area contributed by atoms with E-state index >= 15 is 0 Å². The summed E-state index contributed by atoms with van der Waals surface area (Å²) in [6.07, 6.45) is 4.41. The molecule has 1 aromatic carbocycles. The molecule has 26 heavy (non-hydrogen) atoms. The van der Waals surface area contributed by atoms with Crippen molar-refractivity contribution in [2.75, 3.05) is 12.3 Å². The molecule has 3 aromatic rings. The number of rotatable bonds is 4. The van der Waals surface area contributed by atoms with Gasteiger partial charge in [-0.2, -0.15) is 0 Å². The third-order valence-electron chi connectivity index (χ3n) is 4.30. The zero-order chi connectivity index (χ0) is 17.9. The normalized spacial score (nSPS) is 14.0. The van der Waals surface area contributed by atoms with Crippen LogP contribution in [0.1, 0.15) is 16.8 Å². The molecule has 0 aliphatic carbocycles. The summed E-state index contributed by atoms with van der Waals surface area (Å²) in [5.74, 6) is 1.65. The van der Waals surface area contributed by atoms with Crippen LogP contribution in [0.15, 0.2) is 48.8 Å². The van der Waals surface area contributed by atoms with Gasteiger partial charge in [-0.3, -0.25) is 4.90 Å². The predicted molar refractivity (Wildman–Crippen MR) is 100 cm³/mol. The number of hydrogen-bond donors (Lipinski definition) is 1. The van der Waals surface area contributed by atoms with Crippen molar-refractivity contribution in [1.82, 2.24) is 19.9 Å². The number of fused-ring (bicyclic) bond motifs is 1. The Kier molecular flexibility index (Phi) is 4.69. The number of nitrogens with zero attached hydrogens (tertiary/aromatic N) is 4. The van der Waals surface area contributed by atoms with E-state index in [1.54, 1.807) is 18.3 Å². The molecule has 0 spiro atoms. The molecule has 0 atom stereocenters. The van der Waals surface area contributed by atoms with E-state index in [2.05, 4.69) is 19.9 Å². The number of hydrogen-bond acceptors (Lipinski definition) is 6.